The summed E-state index contributed by atoms with van der Waals surface area (Å²) in [5.74, 6) is 0.822. The van der Waals surface area contributed by atoms with E-state index in [4.69, 9.17) is 4.74 Å². The maximum absolute atomic E-state index is 12.8. The first-order valence-corrected chi connectivity index (χ1v) is 9.48. The van der Waals surface area contributed by atoms with E-state index in [1.807, 2.05) is 13.8 Å². The van der Waals surface area contributed by atoms with Crippen molar-refractivity contribution >= 4 is 16.4 Å². The molecule has 3 rings (SSSR count). The first-order valence-electron chi connectivity index (χ1n) is 8.16. The van der Waals surface area contributed by atoms with Crippen LogP contribution in [-0.4, -0.2) is 35.4 Å². The summed E-state index contributed by atoms with van der Waals surface area (Å²) in [5, 5.41) is 0. The summed E-state index contributed by atoms with van der Waals surface area (Å²) in [6.07, 6.45) is -0.611. The Hall–Kier alpha value is -2.49. The maximum atomic E-state index is 12.8. The van der Waals surface area contributed by atoms with Gasteiger partial charge in [0.1, 0.15) is 34.8 Å². The molecule has 0 aliphatic heterocycles. The van der Waals surface area contributed by atoms with Gasteiger partial charge in [-0.3, -0.25) is 8.61 Å². The van der Waals surface area contributed by atoms with Crippen molar-refractivity contribution in [2.45, 2.75) is 37.9 Å². The fourth-order valence-electron chi connectivity index (χ4n) is 2.44. The molecule has 27 heavy (non-hydrogen) atoms. The van der Waals surface area contributed by atoms with Gasteiger partial charge in [0, 0.05) is 24.1 Å². The summed E-state index contributed by atoms with van der Waals surface area (Å²) in [6.45, 7) is 5.48. The van der Waals surface area contributed by atoms with E-state index in [-0.39, 0.29) is 11.8 Å². The number of ether oxygens (including phenoxy) is 1. The number of aromatic nitrogens is 4. The Morgan fingerprint density at radius 1 is 1.26 bits per heavy atom. The van der Waals surface area contributed by atoms with Gasteiger partial charge < -0.3 is 4.74 Å². The van der Waals surface area contributed by atoms with Crippen molar-refractivity contribution in [1.29, 1.82) is 0 Å². The number of halogens is 3. The van der Waals surface area contributed by atoms with Crippen LogP contribution in [-0.2, 0) is 17.0 Å². The molecule has 0 spiro atoms. The van der Waals surface area contributed by atoms with Gasteiger partial charge in [-0.1, -0.05) is 6.92 Å². The summed E-state index contributed by atoms with van der Waals surface area (Å²) in [5.41, 5.74) is -0.310. The maximum Gasteiger partial charge on any atom is 0.433 e. The molecule has 0 bridgehead atoms. The minimum Gasteiger partial charge on any atom is -0.489 e. The van der Waals surface area contributed by atoms with Crippen LogP contribution in [0.4, 0.5) is 13.2 Å². The van der Waals surface area contributed by atoms with E-state index < -0.39 is 22.7 Å². The van der Waals surface area contributed by atoms with E-state index in [0.29, 0.717) is 27.8 Å². The highest BCUT2D eigenvalue weighted by molar-refractivity contribution is 7.85. The van der Waals surface area contributed by atoms with Gasteiger partial charge in [-0.15, -0.1) is 0 Å². The van der Waals surface area contributed by atoms with Gasteiger partial charge in [0.25, 0.3) is 0 Å². The second kappa shape index (κ2) is 7.26. The van der Waals surface area contributed by atoms with E-state index in [9.17, 15) is 17.4 Å². The van der Waals surface area contributed by atoms with Crippen molar-refractivity contribution in [3.05, 3.63) is 36.5 Å². The molecule has 0 aromatic carbocycles. The van der Waals surface area contributed by atoms with Gasteiger partial charge in [0.15, 0.2) is 0 Å². The number of fused-ring (bicyclic) bond motifs is 1. The van der Waals surface area contributed by atoms with Gasteiger partial charge in [0.05, 0.1) is 28.0 Å². The van der Waals surface area contributed by atoms with Crippen LogP contribution in [0, 0.1) is 0 Å². The average Bonchev–Trinajstić information content (AvgIpc) is 3.02. The lowest BCUT2D eigenvalue weighted by Gasteiger charge is -2.12. The lowest BCUT2D eigenvalue weighted by Crippen LogP contribution is -2.08. The van der Waals surface area contributed by atoms with Gasteiger partial charge in [0.2, 0.25) is 0 Å². The number of hydrogen-bond donors (Lipinski definition) is 0. The second-order valence-corrected chi connectivity index (χ2v) is 7.69. The summed E-state index contributed by atoms with van der Waals surface area (Å²) >= 11 is 0. The van der Waals surface area contributed by atoms with Crippen LogP contribution in [0.15, 0.2) is 35.7 Å². The predicted molar refractivity (Wildman–Crippen MR) is 93.9 cm³/mol. The van der Waals surface area contributed by atoms with Crippen LogP contribution >= 0.6 is 0 Å². The van der Waals surface area contributed by atoms with Crippen LogP contribution in [0.5, 0.6) is 5.75 Å². The zero-order valence-electron chi connectivity index (χ0n) is 14.8. The number of nitrogens with zero attached hydrogens (tertiary/aromatic N) is 4. The fourth-order valence-corrected chi connectivity index (χ4v) is 3.38. The Morgan fingerprint density at radius 2 is 2.00 bits per heavy atom. The highest BCUT2D eigenvalue weighted by Crippen LogP contribution is 2.30. The highest BCUT2D eigenvalue weighted by Gasteiger charge is 2.33. The smallest absolute Gasteiger partial charge is 0.433 e. The topological polar surface area (TPSA) is 69.4 Å². The average molecular weight is 398 g/mol. The molecule has 1 atom stereocenters. The third-order valence-electron chi connectivity index (χ3n) is 3.59. The molecule has 0 amide bonds. The molecule has 144 valence electrons. The van der Waals surface area contributed by atoms with Gasteiger partial charge in [-0.05, 0) is 13.8 Å². The van der Waals surface area contributed by atoms with Crippen LogP contribution in [0.2, 0.25) is 0 Å². The summed E-state index contributed by atoms with van der Waals surface area (Å²) < 4.78 is 58.0. The second-order valence-electron chi connectivity index (χ2n) is 5.98. The fraction of sp³-hybridized carbons (Fsp3) is 0.353. The van der Waals surface area contributed by atoms with Gasteiger partial charge in [-0.25, -0.2) is 15.0 Å². The number of imidazole rings is 1. The largest absolute Gasteiger partial charge is 0.489 e. The van der Waals surface area contributed by atoms with E-state index in [0.717, 1.165) is 12.4 Å². The van der Waals surface area contributed by atoms with E-state index >= 15 is 0 Å². The monoisotopic (exact) mass is 398 g/mol. The number of hydrogen-bond acceptors (Lipinski definition) is 5. The van der Waals surface area contributed by atoms with Crippen LogP contribution in [0.25, 0.3) is 17.0 Å². The molecular weight excluding hydrogens is 381 g/mol. The molecule has 10 heteroatoms. The Morgan fingerprint density at radius 3 is 2.63 bits per heavy atom. The summed E-state index contributed by atoms with van der Waals surface area (Å²) in [7, 11) is -1.36. The van der Waals surface area contributed by atoms with E-state index in [2.05, 4.69) is 15.0 Å². The molecule has 3 aromatic rings. The molecular formula is C17H17F3N4O2S. The quantitative estimate of drug-likeness (QED) is 0.655. The third kappa shape index (κ3) is 4.10. The summed E-state index contributed by atoms with van der Waals surface area (Å²) in [6, 6.07) is 2.49. The van der Waals surface area contributed by atoms with Crippen molar-refractivity contribution in [1.82, 2.24) is 19.4 Å². The zero-order valence-corrected chi connectivity index (χ0v) is 15.6. The molecule has 0 radical (unpaired) electrons. The molecule has 0 saturated heterocycles. The zero-order chi connectivity index (χ0) is 19.8. The van der Waals surface area contributed by atoms with Crippen LogP contribution in [0.3, 0.4) is 0 Å². The molecule has 3 aromatic heterocycles. The van der Waals surface area contributed by atoms with Crippen LogP contribution < -0.4 is 4.74 Å². The molecule has 0 saturated carbocycles. The van der Waals surface area contributed by atoms with E-state index in [1.165, 1.54) is 16.8 Å². The highest BCUT2D eigenvalue weighted by atomic mass is 32.2. The van der Waals surface area contributed by atoms with E-state index in [1.54, 1.807) is 13.0 Å². The van der Waals surface area contributed by atoms with Crippen molar-refractivity contribution in [3.63, 3.8) is 0 Å². The standard InChI is InChI=1S/C17H17F3N4O2S/c1-4-27(25)13-5-11(26-10(2)3)7-21-16(13)12-8-24-9-22-14(17(18,19)20)6-15(24)23-12/h5-10H,4H2,1-3H3. The first kappa shape index (κ1) is 19.3. The van der Waals surface area contributed by atoms with Crippen molar-refractivity contribution in [2.24, 2.45) is 0 Å². The third-order valence-corrected chi connectivity index (χ3v) is 4.91. The van der Waals surface area contributed by atoms with Crippen molar-refractivity contribution in [3.8, 4) is 17.1 Å². The van der Waals surface area contributed by atoms with Gasteiger partial charge >= 0.3 is 6.18 Å². The molecule has 1 unspecified atom stereocenters. The Balaban J connectivity index is 2.10. The Bertz CT molecular complexity index is 1000. The lowest BCUT2D eigenvalue weighted by atomic mass is 10.3. The minimum atomic E-state index is -4.56. The van der Waals surface area contributed by atoms with Gasteiger partial charge in [-0.2, -0.15) is 13.2 Å². The molecule has 3 heterocycles. The molecule has 0 fully saturated rings. The Kier molecular flexibility index (Phi) is 5.18. The minimum absolute atomic E-state index is 0.0739. The van der Waals surface area contributed by atoms with Crippen molar-refractivity contribution in [2.75, 3.05) is 5.75 Å². The SMILES string of the molecule is CCS(=O)c1cc(OC(C)C)cnc1-c1cn2cnc(C(F)(F)F)cc2n1. The molecule has 0 aliphatic rings. The number of pyridine rings is 1. The van der Waals surface area contributed by atoms with Crippen LogP contribution in [0.1, 0.15) is 26.5 Å². The number of alkyl halides is 3. The number of rotatable bonds is 5. The first-order chi connectivity index (χ1) is 12.7. The molecule has 0 N–H and O–H groups in total. The van der Waals surface area contributed by atoms with Crippen molar-refractivity contribution < 1.29 is 22.1 Å². The predicted octanol–water partition coefficient (Wildman–Crippen LogP) is 3.72. The summed E-state index contributed by atoms with van der Waals surface area (Å²) in [4.78, 5) is 12.3. The lowest BCUT2D eigenvalue weighted by molar-refractivity contribution is -0.141. The molecule has 6 nitrogen and oxygen atoms in total. The Labute approximate surface area is 155 Å². The molecule has 0 aliphatic carbocycles. The normalized spacial score (nSPS) is 13.3.